The monoisotopic (exact) mass is 386 g/mol. The average molecular weight is 387 g/mol. The van der Waals surface area contributed by atoms with Crippen molar-refractivity contribution >= 4 is 8.80 Å². The third-order valence-corrected chi connectivity index (χ3v) is 8.43. The van der Waals surface area contributed by atoms with E-state index in [4.69, 9.17) is 18.0 Å². The molecule has 4 nitrogen and oxygen atoms in total. The number of hydrogen-bond donors (Lipinski definition) is 0. The first-order chi connectivity index (χ1) is 12.7. The second-order valence-corrected chi connectivity index (χ2v) is 10.8. The SMILES string of the molecule is CCCO[Si](CCCCCCC1CCC2OC2C1)(OCCC)OCCC. The molecule has 3 atom stereocenters. The highest BCUT2D eigenvalue weighted by Crippen LogP contribution is 2.41. The molecule has 0 N–H and O–H groups in total. The Balaban J connectivity index is 1.63. The highest BCUT2D eigenvalue weighted by molar-refractivity contribution is 6.60. The van der Waals surface area contributed by atoms with Crippen LogP contribution in [0.5, 0.6) is 0 Å². The first-order valence-corrected chi connectivity index (χ1v) is 13.2. The maximum absolute atomic E-state index is 6.18. The molecule has 0 amide bonds. The van der Waals surface area contributed by atoms with Gasteiger partial charge in [-0.1, -0.05) is 46.5 Å². The summed E-state index contributed by atoms with van der Waals surface area (Å²) in [5, 5.41) is 0. The average Bonchev–Trinajstić information content (AvgIpc) is 3.44. The zero-order valence-electron chi connectivity index (χ0n) is 17.5. The smallest absolute Gasteiger partial charge is 0.373 e. The Bertz CT molecular complexity index is 344. The molecule has 0 aromatic heterocycles. The molecule has 3 unspecified atom stereocenters. The van der Waals surface area contributed by atoms with Gasteiger partial charge in [-0.15, -0.1) is 0 Å². The maximum atomic E-state index is 6.18. The highest BCUT2D eigenvalue weighted by atomic mass is 28.4. The van der Waals surface area contributed by atoms with Gasteiger partial charge in [0.15, 0.2) is 0 Å². The molecule has 5 heteroatoms. The first kappa shape index (κ1) is 22.3. The van der Waals surface area contributed by atoms with Crippen LogP contribution in [0.1, 0.15) is 91.4 Å². The van der Waals surface area contributed by atoms with E-state index in [0.717, 1.165) is 51.0 Å². The molecule has 154 valence electrons. The molecule has 1 aliphatic carbocycles. The van der Waals surface area contributed by atoms with Crippen LogP contribution in [0.15, 0.2) is 0 Å². The second kappa shape index (κ2) is 12.5. The molecular weight excluding hydrogens is 344 g/mol. The second-order valence-electron chi connectivity index (χ2n) is 8.07. The summed E-state index contributed by atoms with van der Waals surface area (Å²) in [5.41, 5.74) is 0. The van der Waals surface area contributed by atoms with Gasteiger partial charge >= 0.3 is 8.80 Å². The van der Waals surface area contributed by atoms with Gasteiger partial charge in [0.1, 0.15) is 0 Å². The maximum Gasteiger partial charge on any atom is 0.500 e. The van der Waals surface area contributed by atoms with E-state index >= 15 is 0 Å². The number of unbranched alkanes of at least 4 members (excludes halogenated alkanes) is 3. The molecule has 1 saturated heterocycles. The number of epoxide rings is 1. The molecule has 1 heterocycles. The molecule has 2 aliphatic rings. The minimum Gasteiger partial charge on any atom is -0.373 e. The summed E-state index contributed by atoms with van der Waals surface area (Å²) in [6.45, 7) is 8.72. The van der Waals surface area contributed by atoms with E-state index in [1.807, 2.05) is 0 Å². The largest absolute Gasteiger partial charge is 0.500 e. The molecule has 1 aliphatic heterocycles. The Morgan fingerprint density at radius 2 is 1.38 bits per heavy atom. The van der Waals surface area contributed by atoms with Crippen molar-refractivity contribution in [2.24, 2.45) is 5.92 Å². The Morgan fingerprint density at radius 3 is 1.96 bits per heavy atom. The number of rotatable bonds is 16. The molecule has 2 fully saturated rings. The summed E-state index contributed by atoms with van der Waals surface area (Å²) >= 11 is 0. The molecule has 0 radical (unpaired) electrons. The van der Waals surface area contributed by atoms with Crippen molar-refractivity contribution in [3.63, 3.8) is 0 Å². The lowest BCUT2D eigenvalue weighted by Gasteiger charge is -2.29. The first-order valence-electron chi connectivity index (χ1n) is 11.3. The zero-order valence-corrected chi connectivity index (χ0v) is 18.5. The van der Waals surface area contributed by atoms with E-state index in [1.54, 1.807) is 0 Å². The summed E-state index contributed by atoms with van der Waals surface area (Å²) in [6, 6.07) is 0.980. The summed E-state index contributed by atoms with van der Waals surface area (Å²) in [7, 11) is -2.47. The lowest BCUT2D eigenvalue weighted by atomic mass is 9.85. The standard InChI is InChI=1S/C21H42O4Si/c1-4-14-22-26(23-15-5-2,24-16-6-3)17-10-8-7-9-11-19-12-13-20-21(18-19)25-20/h19-21H,4-18H2,1-3H3. The van der Waals surface area contributed by atoms with Gasteiger partial charge in [0.2, 0.25) is 0 Å². The Kier molecular flexibility index (Phi) is 10.7. The van der Waals surface area contributed by atoms with Crippen LogP contribution < -0.4 is 0 Å². The highest BCUT2D eigenvalue weighted by Gasteiger charge is 2.43. The Morgan fingerprint density at radius 1 is 0.769 bits per heavy atom. The van der Waals surface area contributed by atoms with Crippen LogP contribution in [0.25, 0.3) is 0 Å². The van der Waals surface area contributed by atoms with E-state index in [0.29, 0.717) is 12.2 Å². The van der Waals surface area contributed by atoms with Crippen molar-refractivity contribution in [3.8, 4) is 0 Å². The number of fused-ring (bicyclic) bond motifs is 1. The molecule has 1 saturated carbocycles. The summed E-state index contributed by atoms with van der Waals surface area (Å²) in [6.07, 6.45) is 14.9. The lowest BCUT2D eigenvalue weighted by Crippen LogP contribution is -2.46. The van der Waals surface area contributed by atoms with Crippen LogP contribution in [0.3, 0.4) is 0 Å². The van der Waals surface area contributed by atoms with Crippen LogP contribution in [-0.2, 0) is 18.0 Å². The fraction of sp³-hybridized carbons (Fsp3) is 1.00. The fourth-order valence-electron chi connectivity index (χ4n) is 3.99. The molecule has 0 bridgehead atoms. The van der Waals surface area contributed by atoms with Crippen molar-refractivity contribution in [1.29, 1.82) is 0 Å². The number of hydrogen-bond acceptors (Lipinski definition) is 4. The van der Waals surface area contributed by atoms with Crippen molar-refractivity contribution in [1.82, 2.24) is 0 Å². The van der Waals surface area contributed by atoms with Crippen LogP contribution in [0.4, 0.5) is 0 Å². The fourth-order valence-corrected chi connectivity index (χ4v) is 6.90. The third kappa shape index (κ3) is 7.97. The minimum absolute atomic E-state index is 0.627. The topological polar surface area (TPSA) is 40.2 Å². The van der Waals surface area contributed by atoms with Crippen molar-refractivity contribution in [2.75, 3.05) is 19.8 Å². The van der Waals surface area contributed by atoms with E-state index in [2.05, 4.69) is 20.8 Å². The van der Waals surface area contributed by atoms with Crippen molar-refractivity contribution in [3.05, 3.63) is 0 Å². The minimum atomic E-state index is -2.47. The van der Waals surface area contributed by atoms with Gasteiger partial charge in [-0.05, 0) is 50.9 Å². The van der Waals surface area contributed by atoms with Gasteiger partial charge in [0, 0.05) is 25.9 Å². The van der Waals surface area contributed by atoms with Crippen LogP contribution in [0.2, 0.25) is 6.04 Å². The predicted molar refractivity (Wildman–Crippen MR) is 108 cm³/mol. The van der Waals surface area contributed by atoms with Crippen molar-refractivity contribution < 1.29 is 18.0 Å². The van der Waals surface area contributed by atoms with Gasteiger partial charge < -0.3 is 18.0 Å². The molecule has 0 spiro atoms. The van der Waals surface area contributed by atoms with Gasteiger partial charge in [-0.2, -0.15) is 0 Å². The Hall–Kier alpha value is 0.0569. The van der Waals surface area contributed by atoms with E-state index in [9.17, 15) is 0 Å². The van der Waals surface area contributed by atoms with E-state index in [-0.39, 0.29) is 0 Å². The Labute approximate surface area is 162 Å². The molecule has 26 heavy (non-hydrogen) atoms. The normalized spacial score (nSPS) is 25.3. The van der Waals surface area contributed by atoms with Gasteiger partial charge in [-0.25, -0.2) is 0 Å². The van der Waals surface area contributed by atoms with Crippen LogP contribution in [0, 0.1) is 5.92 Å². The molecule has 0 aromatic carbocycles. The van der Waals surface area contributed by atoms with Gasteiger partial charge in [0.25, 0.3) is 0 Å². The summed E-state index contributed by atoms with van der Waals surface area (Å²) in [4.78, 5) is 0. The van der Waals surface area contributed by atoms with Crippen molar-refractivity contribution in [2.45, 2.75) is 110 Å². The zero-order chi connectivity index (χ0) is 18.7. The van der Waals surface area contributed by atoms with E-state index in [1.165, 1.54) is 51.4 Å². The van der Waals surface area contributed by atoms with Crippen LogP contribution in [-0.4, -0.2) is 40.8 Å². The number of ether oxygens (including phenoxy) is 1. The van der Waals surface area contributed by atoms with Crippen LogP contribution >= 0.6 is 0 Å². The van der Waals surface area contributed by atoms with Gasteiger partial charge in [0.05, 0.1) is 12.2 Å². The molecule has 0 aromatic rings. The molecular formula is C21H42O4Si. The van der Waals surface area contributed by atoms with Gasteiger partial charge in [-0.3, -0.25) is 0 Å². The third-order valence-electron chi connectivity index (χ3n) is 5.54. The summed E-state index contributed by atoms with van der Waals surface area (Å²) < 4.78 is 24.2. The molecule has 2 rings (SSSR count). The summed E-state index contributed by atoms with van der Waals surface area (Å²) in [5.74, 6) is 0.917. The lowest BCUT2D eigenvalue weighted by molar-refractivity contribution is 0.0586. The van der Waals surface area contributed by atoms with E-state index < -0.39 is 8.80 Å². The quantitative estimate of drug-likeness (QED) is 0.193. The predicted octanol–water partition coefficient (Wildman–Crippen LogP) is 5.72.